The minimum Gasteiger partial charge on any atom is -0.311 e. The summed E-state index contributed by atoms with van der Waals surface area (Å²) in [7, 11) is 0. The molecule has 3 heteroatoms. The molecular formula is C80H52N2S. The Hall–Kier alpha value is -10.6. The monoisotopic (exact) mass is 1070 g/mol. The Labute approximate surface area is 486 Å². The van der Waals surface area contributed by atoms with Crippen LogP contribution in [0.25, 0.3) is 119 Å². The van der Waals surface area contributed by atoms with Crippen LogP contribution in [0.5, 0.6) is 0 Å². The number of para-hydroxylation sites is 2. The zero-order valence-electron chi connectivity index (χ0n) is 45.3. The molecule has 0 aliphatic rings. The Morgan fingerprint density at radius 3 is 1.07 bits per heavy atom. The van der Waals surface area contributed by atoms with Crippen LogP contribution in [0.1, 0.15) is 0 Å². The quantitative estimate of drug-likeness (QED) is 0.126. The van der Waals surface area contributed by atoms with Gasteiger partial charge >= 0.3 is 0 Å². The Kier molecular flexibility index (Phi) is 11.8. The summed E-state index contributed by atoms with van der Waals surface area (Å²) in [6.45, 7) is 0. The lowest BCUT2D eigenvalue weighted by molar-refractivity contribution is 1.28. The summed E-state index contributed by atoms with van der Waals surface area (Å²) >= 11 is 1.86. The first-order valence-electron chi connectivity index (χ1n) is 28.5. The van der Waals surface area contributed by atoms with E-state index in [-0.39, 0.29) is 0 Å². The van der Waals surface area contributed by atoms with Gasteiger partial charge in [-0.05, 0) is 184 Å². The van der Waals surface area contributed by atoms with E-state index in [1.54, 1.807) is 0 Å². The number of hydrogen-bond acceptors (Lipinski definition) is 3. The van der Waals surface area contributed by atoms with Crippen molar-refractivity contribution >= 4 is 119 Å². The number of benzene rings is 15. The van der Waals surface area contributed by atoms with Crippen molar-refractivity contribution < 1.29 is 0 Å². The molecule has 1 aromatic heterocycles. The lowest BCUT2D eigenvalue weighted by Gasteiger charge is -2.28. The maximum atomic E-state index is 2.39. The summed E-state index contributed by atoms with van der Waals surface area (Å²) in [6.07, 6.45) is 0. The highest BCUT2D eigenvalue weighted by Crippen LogP contribution is 2.46. The van der Waals surface area contributed by atoms with Gasteiger partial charge in [0.2, 0.25) is 0 Å². The molecule has 388 valence electrons. The molecule has 0 saturated heterocycles. The van der Waals surface area contributed by atoms with E-state index in [0.29, 0.717) is 0 Å². The van der Waals surface area contributed by atoms with E-state index < -0.39 is 0 Å². The summed E-state index contributed by atoms with van der Waals surface area (Å²) in [5, 5.41) is 15.2. The lowest BCUT2D eigenvalue weighted by atomic mass is 9.91. The first kappa shape index (κ1) is 48.3. The number of rotatable bonds is 10. The van der Waals surface area contributed by atoms with Crippen LogP contribution < -0.4 is 9.80 Å². The van der Waals surface area contributed by atoms with Crippen molar-refractivity contribution in [2.75, 3.05) is 9.80 Å². The number of fused-ring (bicyclic) bond motifs is 11. The van der Waals surface area contributed by atoms with Gasteiger partial charge in [0, 0.05) is 54.0 Å². The van der Waals surface area contributed by atoms with Gasteiger partial charge in [-0.1, -0.05) is 224 Å². The highest BCUT2D eigenvalue weighted by molar-refractivity contribution is 7.25. The summed E-state index contributed by atoms with van der Waals surface area (Å²) in [4.78, 5) is 4.75. The van der Waals surface area contributed by atoms with Gasteiger partial charge in [0.15, 0.2) is 0 Å². The van der Waals surface area contributed by atoms with E-state index in [4.69, 9.17) is 0 Å². The minimum absolute atomic E-state index is 1.07. The predicted molar refractivity (Wildman–Crippen MR) is 358 cm³/mol. The molecule has 0 aliphatic heterocycles. The number of hydrogen-bond donors (Lipinski definition) is 0. The third-order valence-corrected chi connectivity index (χ3v) is 18.0. The van der Waals surface area contributed by atoms with E-state index >= 15 is 0 Å². The molecule has 0 atom stereocenters. The van der Waals surface area contributed by atoms with Gasteiger partial charge in [-0.3, -0.25) is 0 Å². The van der Waals surface area contributed by atoms with Gasteiger partial charge in [-0.15, -0.1) is 11.3 Å². The van der Waals surface area contributed by atoms with Crippen LogP contribution in [0.3, 0.4) is 0 Å². The lowest BCUT2D eigenvalue weighted by Crippen LogP contribution is -2.10. The average Bonchev–Trinajstić information content (AvgIpc) is 3.46. The van der Waals surface area contributed by atoms with Crippen molar-refractivity contribution in [2.45, 2.75) is 0 Å². The van der Waals surface area contributed by atoms with Crippen LogP contribution in [0, 0.1) is 0 Å². The molecule has 2 nitrogen and oxygen atoms in total. The van der Waals surface area contributed by atoms with Crippen molar-refractivity contribution in [1.29, 1.82) is 0 Å². The molecule has 16 aromatic rings. The molecule has 0 unspecified atom stereocenters. The normalized spacial score (nSPS) is 11.6. The predicted octanol–water partition coefficient (Wildman–Crippen LogP) is 23.4. The first-order chi connectivity index (χ1) is 41.2. The molecule has 0 bridgehead atoms. The van der Waals surface area contributed by atoms with Crippen LogP contribution in [0.4, 0.5) is 34.1 Å². The summed E-state index contributed by atoms with van der Waals surface area (Å²) in [5.74, 6) is 0. The molecule has 16 rings (SSSR count). The molecule has 0 amide bonds. The maximum absolute atomic E-state index is 2.39. The molecule has 0 fully saturated rings. The van der Waals surface area contributed by atoms with Gasteiger partial charge in [0.1, 0.15) is 0 Å². The van der Waals surface area contributed by atoms with Crippen LogP contribution in [-0.4, -0.2) is 0 Å². The largest absolute Gasteiger partial charge is 0.311 e. The smallest absolute Gasteiger partial charge is 0.0540 e. The van der Waals surface area contributed by atoms with Crippen molar-refractivity contribution in [3.63, 3.8) is 0 Å². The standard InChI is InChI=1S/C80H52N2S/c1-3-17-58(18-4-1)82(59-19-5-2-6-20-59)78-49-48-64(68-23-13-14-28-74(68)78)55-35-43-62(44-36-55)81(60-39-31-53(32-40-60)56-37-45-73-71-26-10-9-24-69(71)70-25-11-12-27-72(70)76(73)51-56)61-41-33-54(34-42-61)63-46-47-65(67-22-8-7-21-66(63)67)57-38-50-80-77(52-57)75-29-15-16-30-79(75)83-80/h1-52H. The van der Waals surface area contributed by atoms with Gasteiger partial charge in [0.05, 0.1) is 5.69 Å². The summed E-state index contributed by atoms with van der Waals surface area (Å²) < 4.78 is 2.64. The fourth-order valence-electron chi connectivity index (χ4n) is 12.9. The molecule has 0 radical (unpaired) electrons. The Morgan fingerprint density at radius 2 is 0.530 bits per heavy atom. The van der Waals surface area contributed by atoms with E-state index in [0.717, 1.165) is 39.7 Å². The fourth-order valence-corrected chi connectivity index (χ4v) is 14.0. The van der Waals surface area contributed by atoms with E-state index in [1.807, 2.05) is 11.3 Å². The zero-order valence-corrected chi connectivity index (χ0v) is 46.1. The second-order valence-corrected chi connectivity index (χ2v) is 22.6. The SMILES string of the molecule is c1ccc(N(c2ccccc2)c2ccc(-c3ccc(N(c4ccc(-c5ccc6c7ccccc7c7ccccc7c6c5)cc4)c4ccc(-c5ccc(-c6ccc7sc8ccccc8c7c6)c6ccccc56)cc4)cc3)c3ccccc23)cc1. The fraction of sp³-hybridized carbons (Fsp3) is 0. The van der Waals surface area contributed by atoms with Crippen molar-refractivity contribution in [2.24, 2.45) is 0 Å². The molecular weight excluding hydrogens is 1020 g/mol. The topological polar surface area (TPSA) is 6.48 Å². The van der Waals surface area contributed by atoms with Gasteiger partial charge in [-0.25, -0.2) is 0 Å². The second kappa shape index (κ2) is 20.2. The van der Waals surface area contributed by atoms with Crippen molar-refractivity contribution in [3.8, 4) is 44.5 Å². The second-order valence-electron chi connectivity index (χ2n) is 21.5. The van der Waals surface area contributed by atoms with Crippen molar-refractivity contribution in [3.05, 3.63) is 315 Å². The van der Waals surface area contributed by atoms with Crippen molar-refractivity contribution in [1.82, 2.24) is 0 Å². The zero-order chi connectivity index (χ0) is 54.8. The minimum atomic E-state index is 1.07. The average molecular weight is 1070 g/mol. The van der Waals surface area contributed by atoms with Crippen LogP contribution in [-0.2, 0) is 0 Å². The van der Waals surface area contributed by atoms with Crippen LogP contribution >= 0.6 is 11.3 Å². The summed E-state index contributed by atoms with van der Waals surface area (Å²) in [5.41, 5.74) is 16.2. The Balaban J connectivity index is 0.784. The van der Waals surface area contributed by atoms with Gasteiger partial charge in [0.25, 0.3) is 0 Å². The van der Waals surface area contributed by atoms with Crippen LogP contribution in [0.2, 0.25) is 0 Å². The number of anilines is 6. The molecule has 0 spiro atoms. The maximum Gasteiger partial charge on any atom is 0.0540 e. The van der Waals surface area contributed by atoms with Gasteiger partial charge in [-0.2, -0.15) is 0 Å². The third-order valence-electron chi connectivity index (χ3n) is 16.9. The number of nitrogens with zero attached hydrogens (tertiary/aromatic N) is 2. The molecule has 15 aromatic carbocycles. The Morgan fingerprint density at radius 1 is 0.181 bits per heavy atom. The van der Waals surface area contributed by atoms with E-state index in [2.05, 4.69) is 325 Å². The molecule has 83 heavy (non-hydrogen) atoms. The first-order valence-corrected chi connectivity index (χ1v) is 29.3. The van der Waals surface area contributed by atoms with E-state index in [1.165, 1.54) is 113 Å². The van der Waals surface area contributed by atoms with Crippen LogP contribution in [0.15, 0.2) is 315 Å². The number of thiophene rings is 1. The highest BCUT2D eigenvalue weighted by Gasteiger charge is 2.20. The van der Waals surface area contributed by atoms with E-state index in [9.17, 15) is 0 Å². The van der Waals surface area contributed by atoms with Gasteiger partial charge < -0.3 is 9.80 Å². The molecule has 0 N–H and O–H groups in total. The molecule has 0 aliphatic carbocycles. The summed E-state index contributed by atoms with van der Waals surface area (Å²) in [6, 6.07) is 116. The molecule has 0 saturated carbocycles. The third kappa shape index (κ3) is 8.40. The Bertz CT molecular complexity index is 5050. The molecule has 1 heterocycles. The highest BCUT2D eigenvalue weighted by atomic mass is 32.1.